The summed E-state index contributed by atoms with van der Waals surface area (Å²) >= 11 is 0. The zero-order valence-electron chi connectivity index (χ0n) is 24.8. The van der Waals surface area contributed by atoms with Gasteiger partial charge in [0.2, 0.25) is 17.7 Å². The number of carbonyl (C=O) groups is 4. The molecule has 1 heterocycles. The average Bonchev–Trinajstić information content (AvgIpc) is 2.99. The molecule has 2 atom stereocenters. The van der Waals surface area contributed by atoms with Gasteiger partial charge in [0.25, 0.3) is 5.91 Å². The molecule has 0 aliphatic carbocycles. The fourth-order valence-electron chi connectivity index (χ4n) is 4.58. The van der Waals surface area contributed by atoms with Crippen LogP contribution in [0.15, 0.2) is 42.5 Å². The summed E-state index contributed by atoms with van der Waals surface area (Å²) in [4.78, 5) is 52.0. The molecule has 228 valence electrons. The minimum atomic E-state index is -0.975. The van der Waals surface area contributed by atoms with E-state index in [-0.39, 0.29) is 42.7 Å². The highest BCUT2D eigenvalue weighted by Gasteiger charge is 2.27. The average molecular weight is 583 g/mol. The number of carbonyl (C=O) groups excluding carboxylic acids is 4. The predicted molar refractivity (Wildman–Crippen MR) is 158 cm³/mol. The second kappa shape index (κ2) is 16.2. The van der Waals surface area contributed by atoms with Gasteiger partial charge in [0.05, 0.1) is 26.4 Å². The van der Waals surface area contributed by atoms with Crippen molar-refractivity contribution in [2.45, 2.75) is 58.0 Å². The first-order valence-electron chi connectivity index (χ1n) is 14.3. The molecule has 0 unspecified atom stereocenters. The summed E-state index contributed by atoms with van der Waals surface area (Å²) in [7, 11) is 3.16. The molecule has 2 aromatic carbocycles. The molecule has 42 heavy (non-hydrogen) atoms. The Morgan fingerprint density at radius 2 is 1.81 bits per heavy atom. The number of amides is 4. The van der Waals surface area contributed by atoms with Crippen LogP contribution < -0.4 is 35.5 Å². The Hall–Kier alpha value is -4.28. The normalized spacial score (nSPS) is 18.5. The highest BCUT2D eigenvalue weighted by atomic mass is 16.5. The number of hydrogen-bond acceptors (Lipinski definition) is 7. The molecule has 0 bridgehead atoms. The Morgan fingerprint density at radius 3 is 2.55 bits per heavy atom. The number of methoxy groups -OCH3 is 2. The van der Waals surface area contributed by atoms with Gasteiger partial charge in [0, 0.05) is 19.5 Å². The third-order valence-electron chi connectivity index (χ3n) is 6.95. The highest BCUT2D eigenvalue weighted by molar-refractivity contribution is 5.99. The third kappa shape index (κ3) is 9.39. The molecule has 0 aromatic heterocycles. The van der Waals surface area contributed by atoms with Gasteiger partial charge in [-0.2, -0.15) is 0 Å². The molecule has 0 radical (unpaired) electrons. The van der Waals surface area contributed by atoms with Crippen molar-refractivity contribution in [3.63, 3.8) is 0 Å². The van der Waals surface area contributed by atoms with Gasteiger partial charge in [-0.1, -0.05) is 32.0 Å². The van der Waals surface area contributed by atoms with Gasteiger partial charge >= 0.3 is 0 Å². The molecular formula is C31H42N4O7. The number of nitrogens with one attached hydrogen (secondary N) is 4. The van der Waals surface area contributed by atoms with Crippen LogP contribution in [0.5, 0.6) is 17.2 Å². The van der Waals surface area contributed by atoms with Crippen LogP contribution in [0.4, 0.5) is 0 Å². The van der Waals surface area contributed by atoms with E-state index in [0.29, 0.717) is 49.6 Å². The monoisotopic (exact) mass is 582 g/mol. The molecule has 0 saturated heterocycles. The maximum atomic E-state index is 13.3. The first kappa shape index (κ1) is 32.2. The molecule has 0 spiro atoms. The van der Waals surface area contributed by atoms with Gasteiger partial charge in [-0.3, -0.25) is 19.2 Å². The van der Waals surface area contributed by atoms with E-state index >= 15 is 0 Å². The molecule has 0 fully saturated rings. The van der Waals surface area contributed by atoms with Gasteiger partial charge < -0.3 is 35.5 Å². The minimum Gasteiger partial charge on any atom is -0.493 e. The van der Waals surface area contributed by atoms with E-state index in [0.717, 1.165) is 5.56 Å². The number of hydrogen-bond donors (Lipinski definition) is 4. The third-order valence-corrected chi connectivity index (χ3v) is 6.95. The van der Waals surface area contributed by atoms with Crippen molar-refractivity contribution >= 4 is 23.6 Å². The van der Waals surface area contributed by atoms with Gasteiger partial charge in [0.1, 0.15) is 17.8 Å². The summed E-state index contributed by atoms with van der Waals surface area (Å²) in [5.41, 5.74) is 1.31. The lowest BCUT2D eigenvalue weighted by molar-refractivity contribution is -0.130. The van der Waals surface area contributed by atoms with Crippen LogP contribution in [0.1, 0.15) is 55.5 Å². The molecule has 1 aliphatic heterocycles. The van der Waals surface area contributed by atoms with Crippen molar-refractivity contribution < 1.29 is 33.4 Å². The Labute approximate surface area is 247 Å². The van der Waals surface area contributed by atoms with E-state index in [1.54, 1.807) is 38.5 Å². The lowest BCUT2D eigenvalue weighted by Crippen LogP contribution is -2.51. The number of rotatable bonds is 8. The summed E-state index contributed by atoms with van der Waals surface area (Å²) in [5, 5.41) is 11.3. The molecule has 11 heteroatoms. The standard InChI is InChI=1S/C31H42N4O7/c1-20(2)28-31(39)33-17-8-18-42-24-11-6-5-10-22(24)29(37)34-23(13-15-27(36)35-28)30(38)32-16-7-9-21-12-14-25(40-3)26(19-21)41-4/h5-6,10-12,14,19-20,23,28H,7-9,13,15-18H2,1-4H3,(H,32,38)(H,33,39)(H,34,37)(H,35,36)/t23-,28+/m0/s1. The second-order valence-corrected chi connectivity index (χ2v) is 10.4. The van der Waals surface area contributed by atoms with Crippen LogP contribution in [0.3, 0.4) is 0 Å². The fraction of sp³-hybridized carbons (Fsp3) is 0.484. The smallest absolute Gasteiger partial charge is 0.255 e. The largest absolute Gasteiger partial charge is 0.493 e. The molecule has 11 nitrogen and oxygen atoms in total. The molecule has 4 N–H and O–H groups in total. The van der Waals surface area contributed by atoms with Crippen LogP contribution in [0, 0.1) is 5.92 Å². The van der Waals surface area contributed by atoms with Crippen LogP contribution in [0.2, 0.25) is 0 Å². The summed E-state index contributed by atoms with van der Waals surface area (Å²) in [5.74, 6) is -0.0175. The van der Waals surface area contributed by atoms with Crippen molar-refractivity contribution in [2.75, 3.05) is 33.9 Å². The maximum Gasteiger partial charge on any atom is 0.255 e. The first-order chi connectivity index (χ1) is 20.2. The van der Waals surface area contributed by atoms with Crippen molar-refractivity contribution in [3.8, 4) is 17.2 Å². The Bertz CT molecular complexity index is 1230. The quantitative estimate of drug-likeness (QED) is 0.350. The zero-order valence-corrected chi connectivity index (χ0v) is 24.8. The van der Waals surface area contributed by atoms with Gasteiger partial charge in [-0.05, 0) is 61.4 Å². The van der Waals surface area contributed by atoms with Crippen molar-refractivity contribution in [2.24, 2.45) is 5.92 Å². The molecule has 2 aromatic rings. The van der Waals surface area contributed by atoms with Gasteiger partial charge in [-0.25, -0.2) is 0 Å². The minimum absolute atomic E-state index is 0.0501. The number of benzene rings is 2. The van der Waals surface area contributed by atoms with E-state index in [2.05, 4.69) is 21.3 Å². The van der Waals surface area contributed by atoms with Gasteiger partial charge in [0.15, 0.2) is 11.5 Å². The van der Waals surface area contributed by atoms with Crippen LogP contribution in [0.25, 0.3) is 0 Å². The molecule has 3 rings (SSSR count). The van der Waals surface area contributed by atoms with E-state index in [1.807, 2.05) is 32.0 Å². The van der Waals surface area contributed by atoms with Crippen molar-refractivity contribution in [1.29, 1.82) is 0 Å². The van der Waals surface area contributed by atoms with E-state index in [1.165, 1.54) is 0 Å². The number of para-hydroxylation sites is 1. The Morgan fingerprint density at radius 1 is 1.05 bits per heavy atom. The van der Waals surface area contributed by atoms with Crippen LogP contribution in [-0.4, -0.2) is 69.6 Å². The Kier molecular flexibility index (Phi) is 12.5. The number of ether oxygens (including phenoxy) is 3. The lowest BCUT2D eigenvalue weighted by atomic mass is 10.0. The van der Waals surface area contributed by atoms with Crippen LogP contribution >= 0.6 is 0 Å². The predicted octanol–water partition coefficient (Wildman–Crippen LogP) is 2.37. The molecule has 0 saturated carbocycles. The zero-order chi connectivity index (χ0) is 30.5. The van der Waals surface area contributed by atoms with Crippen molar-refractivity contribution in [1.82, 2.24) is 21.3 Å². The van der Waals surface area contributed by atoms with Crippen molar-refractivity contribution in [3.05, 3.63) is 53.6 Å². The van der Waals surface area contributed by atoms with E-state index in [4.69, 9.17) is 14.2 Å². The summed E-state index contributed by atoms with van der Waals surface area (Å²) < 4.78 is 16.5. The fourth-order valence-corrected chi connectivity index (χ4v) is 4.58. The summed E-state index contributed by atoms with van der Waals surface area (Å²) in [6, 6.07) is 10.7. The molecular weight excluding hydrogens is 540 g/mol. The lowest BCUT2D eigenvalue weighted by Gasteiger charge is -2.23. The van der Waals surface area contributed by atoms with Gasteiger partial charge in [-0.15, -0.1) is 0 Å². The second-order valence-electron chi connectivity index (χ2n) is 10.4. The maximum absolute atomic E-state index is 13.3. The SMILES string of the molecule is COc1ccc(CCCNC(=O)[C@@H]2CCC(=O)N[C@H](C(C)C)C(=O)NCCCOc3ccccc3C(=O)N2)cc1OC. The molecule has 1 aliphatic rings. The number of aryl methyl sites for hydroxylation is 1. The molecule has 4 amide bonds. The number of fused-ring (bicyclic) bond motifs is 1. The first-order valence-corrected chi connectivity index (χ1v) is 14.3. The summed E-state index contributed by atoms with van der Waals surface area (Å²) in [6.07, 6.45) is 1.83. The summed E-state index contributed by atoms with van der Waals surface area (Å²) in [6.45, 7) is 4.69. The van der Waals surface area contributed by atoms with Crippen LogP contribution in [-0.2, 0) is 20.8 Å². The van der Waals surface area contributed by atoms with E-state index in [9.17, 15) is 19.2 Å². The highest BCUT2D eigenvalue weighted by Crippen LogP contribution is 2.28. The van der Waals surface area contributed by atoms with E-state index < -0.39 is 23.9 Å². The Balaban J connectivity index is 1.70. The topological polar surface area (TPSA) is 144 Å².